The molecule has 0 bridgehead atoms. The number of hydrogen-bond acceptors (Lipinski definition) is 8. The standard InChI is InChI=1S/C19H21FN2O5S/c1-24-8-9-26-15-10-12(20)4-5-13(15)14-11-16(22-18(21-14)28-3)27-19(6-7-19)17(23)25-2/h4-5,10-11H,6-9H2,1-3H3. The Balaban J connectivity index is 1.95. The van der Waals surface area contributed by atoms with Crippen LogP contribution in [0.25, 0.3) is 11.3 Å². The first-order valence-electron chi connectivity index (χ1n) is 8.63. The zero-order valence-corrected chi connectivity index (χ0v) is 16.7. The molecule has 1 fully saturated rings. The Hall–Kier alpha value is -2.39. The first kappa shape index (κ1) is 20.3. The molecular formula is C19H21FN2O5S. The summed E-state index contributed by atoms with van der Waals surface area (Å²) < 4.78 is 35.0. The summed E-state index contributed by atoms with van der Waals surface area (Å²) >= 11 is 1.33. The minimum Gasteiger partial charge on any atom is -0.490 e. The van der Waals surface area contributed by atoms with Gasteiger partial charge in [-0.15, -0.1) is 0 Å². The van der Waals surface area contributed by atoms with Gasteiger partial charge in [0.2, 0.25) is 11.5 Å². The Morgan fingerprint density at radius 2 is 2.00 bits per heavy atom. The lowest BCUT2D eigenvalue weighted by molar-refractivity contribution is -0.151. The zero-order chi connectivity index (χ0) is 20.1. The number of ether oxygens (including phenoxy) is 4. The van der Waals surface area contributed by atoms with Crippen molar-refractivity contribution < 1.29 is 28.1 Å². The number of benzene rings is 1. The van der Waals surface area contributed by atoms with Crippen molar-refractivity contribution in [2.45, 2.75) is 23.6 Å². The quantitative estimate of drug-likeness (QED) is 0.271. The van der Waals surface area contributed by atoms with Gasteiger partial charge < -0.3 is 18.9 Å². The van der Waals surface area contributed by atoms with E-state index in [0.29, 0.717) is 41.6 Å². The molecule has 0 radical (unpaired) electrons. The topological polar surface area (TPSA) is 79.8 Å². The molecule has 9 heteroatoms. The van der Waals surface area contributed by atoms with Gasteiger partial charge in [-0.25, -0.2) is 14.2 Å². The van der Waals surface area contributed by atoms with Crippen molar-refractivity contribution in [1.82, 2.24) is 9.97 Å². The average Bonchev–Trinajstić information content (AvgIpc) is 3.48. The summed E-state index contributed by atoms with van der Waals surface area (Å²) in [6, 6.07) is 5.82. The fraction of sp³-hybridized carbons (Fsp3) is 0.421. The molecule has 0 spiro atoms. The van der Waals surface area contributed by atoms with E-state index in [4.69, 9.17) is 18.9 Å². The molecule has 1 saturated carbocycles. The monoisotopic (exact) mass is 408 g/mol. The number of aromatic nitrogens is 2. The molecule has 1 heterocycles. The number of nitrogens with zero attached hydrogens (tertiary/aromatic N) is 2. The molecule has 0 saturated heterocycles. The molecule has 0 aliphatic heterocycles. The molecule has 1 aromatic carbocycles. The second-order valence-corrected chi connectivity index (χ2v) is 6.92. The maximum Gasteiger partial charge on any atom is 0.350 e. The van der Waals surface area contributed by atoms with Crippen LogP contribution >= 0.6 is 11.8 Å². The predicted molar refractivity (Wildman–Crippen MR) is 101 cm³/mol. The normalized spacial score (nSPS) is 14.4. The van der Waals surface area contributed by atoms with Crippen molar-refractivity contribution in [3.8, 4) is 22.9 Å². The van der Waals surface area contributed by atoms with Crippen molar-refractivity contribution in [2.24, 2.45) is 0 Å². The Morgan fingerprint density at radius 1 is 1.21 bits per heavy atom. The Labute approximate surface area is 166 Å². The number of methoxy groups -OCH3 is 2. The summed E-state index contributed by atoms with van der Waals surface area (Å²) in [5.41, 5.74) is 0.0989. The van der Waals surface area contributed by atoms with E-state index < -0.39 is 17.4 Å². The van der Waals surface area contributed by atoms with Gasteiger partial charge in [-0.3, -0.25) is 0 Å². The molecular weight excluding hydrogens is 387 g/mol. The molecule has 150 valence electrons. The van der Waals surface area contributed by atoms with Crippen LogP contribution in [0.5, 0.6) is 11.6 Å². The van der Waals surface area contributed by atoms with Crippen LogP contribution in [0, 0.1) is 5.82 Å². The van der Waals surface area contributed by atoms with E-state index in [1.54, 1.807) is 19.2 Å². The molecule has 7 nitrogen and oxygen atoms in total. The molecule has 0 amide bonds. The van der Waals surface area contributed by atoms with Crippen LogP contribution in [0.2, 0.25) is 0 Å². The number of thioether (sulfide) groups is 1. The summed E-state index contributed by atoms with van der Waals surface area (Å²) in [7, 11) is 2.89. The van der Waals surface area contributed by atoms with Gasteiger partial charge in [0, 0.05) is 37.6 Å². The van der Waals surface area contributed by atoms with Crippen molar-refractivity contribution in [2.75, 3.05) is 33.7 Å². The van der Waals surface area contributed by atoms with Crippen molar-refractivity contribution in [3.05, 3.63) is 30.1 Å². The lowest BCUT2D eigenvalue weighted by atomic mass is 10.1. The highest BCUT2D eigenvalue weighted by Gasteiger charge is 2.54. The highest BCUT2D eigenvalue weighted by molar-refractivity contribution is 7.98. The third-order valence-corrected chi connectivity index (χ3v) is 4.74. The Morgan fingerprint density at radius 3 is 2.64 bits per heavy atom. The molecule has 0 atom stereocenters. The van der Waals surface area contributed by atoms with Crippen LogP contribution in [-0.4, -0.2) is 55.2 Å². The molecule has 28 heavy (non-hydrogen) atoms. The van der Waals surface area contributed by atoms with Gasteiger partial charge in [0.25, 0.3) is 0 Å². The highest BCUT2D eigenvalue weighted by Crippen LogP contribution is 2.42. The number of halogens is 1. The fourth-order valence-electron chi connectivity index (χ4n) is 2.60. The molecule has 0 N–H and O–H groups in total. The largest absolute Gasteiger partial charge is 0.490 e. The van der Waals surface area contributed by atoms with Crippen LogP contribution in [0.4, 0.5) is 4.39 Å². The van der Waals surface area contributed by atoms with E-state index in [1.807, 2.05) is 6.26 Å². The smallest absolute Gasteiger partial charge is 0.350 e. The highest BCUT2D eigenvalue weighted by atomic mass is 32.2. The van der Waals surface area contributed by atoms with Gasteiger partial charge >= 0.3 is 5.97 Å². The van der Waals surface area contributed by atoms with Crippen LogP contribution in [0.15, 0.2) is 29.4 Å². The van der Waals surface area contributed by atoms with Gasteiger partial charge in [-0.1, -0.05) is 11.8 Å². The van der Waals surface area contributed by atoms with Crippen LogP contribution in [0.1, 0.15) is 12.8 Å². The molecule has 2 aromatic rings. The van der Waals surface area contributed by atoms with Crippen molar-refractivity contribution in [3.63, 3.8) is 0 Å². The molecule has 3 rings (SSSR count). The van der Waals surface area contributed by atoms with E-state index in [9.17, 15) is 9.18 Å². The minimum absolute atomic E-state index is 0.254. The number of hydrogen-bond donors (Lipinski definition) is 0. The van der Waals surface area contributed by atoms with E-state index in [1.165, 1.54) is 31.0 Å². The number of rotatable bonds is 9. The number of carbonyl (C=O) groups is 1. The summed E-state index contributed by atoms with van der Waals surface area (Å²) in [5.74, 6) is -0.259. The third-order valence-electron chi connectivity index (χ3n) is 4.19. The lowest BCUT2D eigenvalue weighted by Crippen LogP contribution is -2.31. The van der Waals surface area contributed by atoms with E-state index >= 15 is 0 Å². The van der Waals surface area contributed by atoms with E-state index in [0.717, 1.165) is 0 Å². The molecule has 1 aliphatic rings. The Bertz CT molecular complexity index is 860. The first-order valence-corrected chi connectivity index (χ1v) is 9.86. The van der Waals surface area contributed by atoms with Gasteiger partial charge in [-0.05, 0) is 18.4 Å². The van der Waals surface area contributed by atoms with Gasteiger partial charge in [0.1, 0.15) is 18.2 Å². The van der Waals surface area contributed by atoms with E-state index in [2.05, 4.69) is 9.97 Å². The zero-order valence-electron chi connectivity index (χ0n) is 15.9. The predicted octanol–water partition coefficient (Wildman–Crippen LogP) is 3.11. The third kappa shape index (κ3) is 4.53. The second-order valence-electron chi connectivity index (χ2n) is 6.15. The number of esters is 1. The molecule has 0 unspecified atom stereocenters. The van der Waals surface area contributed by atoms with Crippen LogP contribution in [0.3, 0.4) is 0 Å². The SMILES string of the molecule is COCCOc1cc(F)ccc1-c1cc(OC2(C(=O)OC)CC2)nc(SC)n1. The summed E-state index contributed by atoms with van der Waals surface area (Å²) in [4.78, 5) is 20.8. The Kier molecular flexibility index (Phi) is 6.35. The van der Waals surface area contributed by atoms with Gasteiger partial charge in [0.05, 0.1) is 19.4 Å². The lowest BCUT2D eigenvalue weighted by Gasteiger charge is -2.16. The van der Waals surface area contributed by atoms with E-state index in [-0.39, 0.29) is 12.5 Å². The maximum atomic E-state index is 13.7. The number of carbonyl (C=O) groups excluding carboxylic acids is 1. The van der Waals surface area contributed by atoms with Crippen molar-refractivity contribution in [1.29, 1.82) is 0 Å². The van der Waals surface area contributed by atoms with Gasteiger partial charge in [0.15, 0.2) is 5.16 Å². The summed E-state index contributed by atoms with van der Waals surface area (Å²) in [6.45, 7) is 0.633. The van der Waals surface area contributed by atoms with Crippen molar-refractivity contribution >= 4 is 17.7 Å². The van der Waals surface area contributed by atoms with Crippen LogP contribution in [-0.2, 0) is 14.3 Å². The summed E-state index contributed by atoms with van der Waals surface area (Å²) in [5, 5.41) is 0.459. The summed E-state index contributed by atoms with van der Waals surface area (Å²) in [6.07, 6.45) is 2.96. The minimum atomic E-state index is -0.989. The van der Waals surface area contributed by atoms with Crippen LogP contribution < -0.4 is 9.47 Å². The second kappa shape index (κ2) is 8.74. The molecule has 1 aliphatic carbocycles. The fourth-order valence-corrected chi connectivity index (χ4v) is 2.97. The maximum absolute atomic E-state index is 13.7. The van der Waals surface area contributed by atoms with Gasteiger partial charge in [-0.2, -0.15) is 4.98 Å². The average molecular weight is 408 g/mol. The molecule has 1 aromatic heterocycles. The first-order chi connectivity index (χ1) is 13.5.